The van der Waals surface area contributed by atoms with E-state index < -0.39 is 0 Å². The summed E-state index contributed by atoms with van der Waals surface area (Å²) in [5, 5.41) is 14.9. The monoisotopic (exact) mass is 243 g/mol. The summed E-state index contributed by atoms with van der Waals surface area (Å²) < 4.78 is 0. The first-order valence-corrected chi connectivity index (χ1v) is 6.28. The molecule has 2 rings (SSSR count). The van der Waals surface area contributed by atoms with E-state index in [1.165, 1.54) is 0 Å². The number of amides is 1. The quantitative estimate of drug-likeness (QED) is 0.852. The van der Waals surface area contributed by atoms with E-state index in [9.17, 15) is 4.79 Å². The topological polar surface area (TPSA) is 64.9 Å². The number of piperidine rings is 1. The maximum absolute atomic E-state index is 11.9. The molecule has 94 valence electrons. The summed E-state index contributed by atoms with van der Waals surface area (Å²) in [4.78, 5) is 11.9. The van der Waals surface area contributed by atoms with E-state index >= 15 is 0 Å². The zero-order valence-electron chi connectivity index (χ0n) is 10.3. The smallest absolute Gasteiger partial charge is 0.224 e. The van der Waals surface area contributed by atoms with Crippen molar-refractivity contribution >= 4 is 11.6 Å². The zero-order valence-corrected chi connectivity index (χ0v) is 10.3. The van der Waals surface area contributed by atoms with Crippen molar-refractivity contribution in [2.24, 2.45) is 5.92 Å². The molecule has 1 aromatic carbocycles. The maximum atomic E-state index is 11.9. The summed E-state index contributed by atoms with van der Waals surface area (Å²) in [7, 11) is 0. The number of carbonyl (C=O) groups is 1. The van der Waals surface area contributed by atoms with Crippen molar-refractivity contribution in [2.75, 3.05) is 18.4 Å². The third-order valence-corrected chi connectivity index (χ3v) is 3.15. The summed E-state index contributed by atoms with van der Waals surface area (Å²) in [5.74, 6) is 0.455. The molecule has 4 nitrogen and oxygen atoms in total. The molecule has 2 N–H and O–H groups in total. The van der Waals surface area contributed by atoms with E-state index in [2.05, 4.69) is 16.7 Å². The molecule has 1 fully saturated rings. The molecule has 1 aliphatic rings. The molecule has 1 saturated heterocycles. The van der Waals surface area contributed by atoms with Gasteiger partial charge in [-0.25, -0.2) is 0 Å². The molecule has 4 heteroatoms. The Morgan fingerprint density at radius 1 is 1.56 bits per heavy atom. The van der Waals surface area contributed by atoms with Crippen LogP contribution in [-0.2, 0) is 4.79 Å². The van der Waals surface area contributed by atoms with Crippen LogP contribution in [0.2, 0.25) is 0 Å². The van der Waals surface area contributed by atoms with Gasteiger partial charge in [-0.1, -0.05) is 6.07 Å². The largest absolute Gasteiger partial charge is 0.326 e. The van der Waals surface area contributed by atoms with Crippen LogP contribution in [0, 0.1) is 17.2 Å². The average Bonchev–Trinajstić information content (AvgIpc) is 2.40. The molecular weight excluding hydrogens is 226 g/mol. The Morgan fingerprint density at radius 2 is 2.44 bits per heavy atom. The highest BCUT2D eigenvalue weighted by Gasteiger charge is 2.16. The van der Waals surface area contributed by atoms with Crippen LogP contribution in [0.3, 0.4) is 0 Å². The number of carbonyl (C=O) groups excluding carboxylic acids is 1. The van der Waals surface area contributed by atoms with Crippen molar-refractivity contribution < 1.29 is 4.79 Å². The van der Waals surface area contributed by atoms with E-state index in [1.54, 1.807) is 24.3 Å². The third kappa shape index (κ3) is 3.57. The molecule has 0 aliphatic carbocycles. The third-order valence-electron chi connectivity index (χ3n) is 3.15. The van der Waals surface area contributed by atoms with Crippen LogP contribution in [0.5, 0.6) is 0 Å². The molecule has 1 heterocycles. The first-order chi connectivity index (χ1) is 8.78. The van der Waals surface area contributed by atoms with E-state index in [0.29, 0.717) is 23.6 Å². The van der Waals surface area contributed by atoms with Crippen LogP contribution < -0.4 is 10.6 Å². The van der Waals surface area contributed by atoms with Gasteiger partial charge in [0.2, 0.25) is 5.91 Å². The molecule has 1 unspecified atom stereocenters. The van der Waals surface area contributed by atoms with Crippen molar-refractivity contribution in [3.63, 3.8) is 0 Å². The number of nitrogens with zero attached hydrogens (tertiary/aromatic N) is 1. The Morgan fingerprint density at radius 3 is 3.17 bits per heavy atom. The first kappa shape index (κ1) is 12.6. The lowest BCUT2D eigenvalue weighted by Crippen LogP contribution is -2.32. The molecule has 0 radical (unpaired) electrons. The Hall–Kier alpha value is -1.86. The molecule has 1 amide bonds. The number of nitrogens with one attached hydrogen (secondary N) is 2. The highest BCUT2D eigenvalue weighted by atomic mass is 16.1. The minimum Gasteiger partial charge on any atom is -0.326 e. The van der Waals surface area contributed by atoms with E-state index in [-0.39, 0.29) is 5.91 Å². The predicted molar refractivity (Wildman–Crippen MR) is 70.0 cm³/mol. The highest BCUT2D eigenvalue weighted by molar-refractivity contribution is 5.91. The van der Waals surface area contributed by atoms with Gasteiger partial charge in [0.1, 0.15) is 0 Å². The molecule has 0 aromatic heterocycles. The van der Waals surface area contributed by atoms with Gasteiger partial charge in [-0.15, -0.1) is 0 Å². The van der Waals surface area contributed by atoms with Gasteiger partial charge in [-0.05, 0) is 50.0 Å². The number of hydrogen-bond acceptors (Lipinski definition) is 3. The standard InChI is InChI=1S/C14H17N3O/c15-9-11-3-1-5-13(7-11)17-14(18)8-12-4-2-6-16-10-12/h1,3,5,7,12,16H,2,4,6,8,10H2,(H,17,18). The number of hydrogen-bond donors (Lipinski definition) is 2. The molecule has 0 spiro atoms. The van der Waals surface area contributed by atoms with Gasteiger partial charge in [0.05, 0.1) is 11.6 Å². The van der Waals surface area contributed by atoms with Crippen LogP contribution in [-0.4, -0.2) is 19.0 Å². The fourth-order valence-corrected chi connectivity index (χ4v) is 2.24. The van der Waals surface area contributed by atoms with Gasteiger partial charge in [-0.2, -0.15) is 5.26 Å². The SMILES string of the molecule is N#Cc1cccc(NC(=O)CC2CCCNC2)c1. The Kier molecular flexibility index (Phi) is 4.32. The van der Waals surface area contributed by atoms with Crippen LogP contribution in [0.1, 0.15) is 24.8 Å². The number of benzene rings is 1. The predicted octanol–water partition coefficient (Wildman–Crippen LogP) is 1.89. The van der Waals surface area contributed by atoms with E-state index in [0.717, 1.165) is 25.9 Å². The molecule has 18 heavy (non-hydrogen) atoms. The minimum atomic E-state index is 0.0267. The van der Waals surface area contributed by atoms with Gasteiger partial charge in [0, 0.05) is 12.1 Å². The number of rotatable bonds is 3. The highest BCUT2D eigenvalue weighted by Crippen LogP contribution is 2.16. The molecular formula is C14H17N3O. The number of nitriles is 1. The maximum Gasteiger partial charge on any atom is 0.224 e. The van der Waals surface area contributed by atoms with Crippen molar-refractivity contribution in [2.45, 2.75) is 19.3 Å². The van der Waals surface area contributed by atoms with Gasteiger partial charge < -0.3 is 10.6 Å². The van der Waals surface area contributed by atoms with E-state index in [4.69, 9.17) is 5.26 Å². The van der Waals surface area contributed by atoms with Gasteiger partial charge >= 0.3 is 0 Å². The molecule has 0 saturated carbocycles. The molecule has 1 aliphatic heterocycles. The lowest BCUT2D eigenvalue weighted by atomic mass is 9.96. The van der Waals surface area contributed by atoms with Crippen LogP contribution in [0.15, 0.2) is 24.3 Å². The fraction of sp³-hybridized carbons (Fsp3) is 0.429. The van der Waals surface area contributed by atoms with Crippen molar-refractivity contribution in [1.29, 1.82) is 5.26 Å². The number of anilines is 1. The van der Waals surface area contributed by atoms with Crippen LogP contribution in [0.25, 0.3) is 0 Å². The Labute approximate surface area is 107 Å². The Bertz CT molecular complexity index is 458. The summed E-state index contributed by atoms with van der Waals surface area (Å²) in [6.07, 6.45) is 2.80. The second-order valence-electron chi connectivity index (χ2n) is 4.66. The summed E-state index contributed by atoms with van der Waals surface area (Å²) in [6, 6.07) is 9.05. The second kappa shape index (κ2) is 6.18. The zero-order chi connectivity index (χ0) is 12.8. The van der Waals surface area contributed by atoms with Crippen molar-refractivity contribution in [1.82, 2.24) is 5.32 Å². The van der Waals surface area contributed by atoms with Crippen molar-refractivity contribution in [3.05, 3.63) is 29.8 Å². The lowest BCUT2D eigenvalue weighted by Gasteiger charge is -2.22. The van der Waals surface area contributed by atoms with Gasteiger partial charge in [0.25, 0.3) is 0 Å². The minimum absolute atomic E-state index is 0.0267. The van der Waals surface area contributed by atoms with Crippen molar-refractivity contribution in [3.8, 4) is 6.07 Å². The summed E-state index contributed by atoms with van der Waals surface area (Å²) >= 11 is 0. The summed E-state index contributed by atoms with van der Waals surface area (Å²) in [5.41, 5.74) is 1.26. The summed E-state index contributed by atoms with van der Waals surface area (Å²) in [6.45, 7) is 1.98. The second-order valence-corrected chi connectivity index (χ2v) is 4.66. The van der Waals surface area contributed by atoms with Crippen LogP contribution >= 0.6 is 0 Å². The molecule has 0 bridgehead atoms. The van der Waals surface area contributed by atoms with E-state index in [1.807, 2.05) is 0 Å². The van der Waals surface area contributed by atoms with Crippen LogP contribution in [0.4, 0.5) is 5.69 Å². The average molecular weight is 243 g/mol. The first-order valence-electron chi connectivity index (χ1n) is 6.28. The molecule has 1 aromatic rings. The lowest BCUT2D eigenvalue weighted by molar-refractivity contribution is -0.117. The fourth-order valence-electron chi connectivity index (χ4n) is 2.24. The molecule has 1 atom stereocenters. The van der Waals surface area contributed by atoms with Gasteiger partial charge in [-0.3, -0.25) is 4.79 Å². The Balaban J connectivity index is 1.88. The normalized spacial score (nSPS) is 18.9. The van der Waals surface area contributed by atoms with Gasteiger partial charge in [0.15, 0.2) is 0 Å².